The van der Waals surface area contributed by atoms with Crippen LogP contribution in [0, 0.1) is 0 Å². The smallest absolute Gasteiger partial charge is 0.326 e. The monoisotopic (exact) mass is 411 g/mol. The van der Waals surface area contributed by atoms with E-state index in [1.54, 1.807) is 30.0 Å². The van der Waals surface area contributed by atoms with Gasteiger partial charge in [0.15, 0.2) is 0 Å². The lowest BCUT2D eigenvalue weighted by atomic mass is 10.2. The molecule has 2 aliphatic rings. The largest absolute Gasteiger partial charge is 0.495 e. The number of nitrogens with zero attached hydrogens (tertiary/aromatic N) is 4. The van der Waals surface area contributed by atoms with E-state index in [-0.39, 0.29) is 6.03 Å². The van der Waals surface area contributed by atoms with Crippen molar-refractivity contribution >= 4 is 34.1 Å². The number of thioether (sulfide) groups is 1. The molecule has 2 aliphatic heterocycles. The molecule has 0 atom stereocenters. The number of piperazine rings is 1. The van der Waals surface area contributed by atoms with Crippen LogP contribution >= 0.6 is 11.8 Å². The highest BCUT2D eigenvalue weighted by atomic mass is 32.2. The van der Waals surface area contributed by atoms with E-state index >= 15 is 0 Å². The molecule has 0 spiro atoms. The van der Waals surface area contributed by atoms with E-state index in [4.69, 9.17) is 4.74 Å². The second kappa shape index (κ2) is 8.75. The van der Waals surface area contributed by atoms with Crippen molar-refractivity contribution in [1.29, 1.82) is 0 Å². The van der Waals surface area contributed by atoms with Crippen LogP contribution in [0.3, 0.4) is 0 Å². The summed E-state index contributed by atoms with van der Waals surface area (Å²) < 4.78 is 5.55. The van der Waals surface area contributed by atoms with Crippen molar-refractivity contribution in [1.82, 2.24) is 14.8 Å². The van der Waals surface area contributed by atoms with Gasteiger partial charge in [0.25, 0.3) is 0 Å². The first-order valence-electron chi connectivity index (χ1n) is 9.58. The molecule has 0 bridgehead atoms. The molecule has 1 aromatic heterocycles. The fourth-order valence-electron chi connectivity index (χ4n) is 3.40. The van der Waals surface area contributed by atoms with Crippen LogP contribution < -0.4 is 15.0 Å². The second-order valence-corrected chi connectivity index (χ2v) is 8.07. The lowest BCUT2D eigenvalue weighted by Gasteiger charge is -2.35. The zero-order chi connectivity index (χ0) is 20.2. The van der Waals surface area contributed by atoms with Crippen LogP contribution in [0.5, 0.6) is 5.75 Å². The SMILES string of the molecule is COc1ccc(NC(=O)N2C=C(c3cccnc3)SC2)cc1N1CCN(C)CC1. The third-order valence-electron chi connectivity index (χ3n) is 5.11. The van der Waals surface area contributed by atoms with Crippen LogP contribution in [0.15, 0.2) is 48.9 Å². The zero-order valence-electron chi connectivity index (χ0n) is 16.7. The number of carbonyl (C=O) groups excluding carboxylic acids is 1. The molecule has 0 aliphatic carbocycles. The molecule has 1 fully saturated rings. The lowest BCUT2D eigenvalue weighted by Crippen LogP contribution is -2.44. The van der Waals surface area contributed by atoms with E-state index in [0.29, 0.717) is 5.88 Å². The molecule has 3 heterocycles. The van der Waals surface area contributed by atoms with Crippen molar-refractivity contribution in [2.24, 2.45) is 0 Å². The number of carbonyl (C=O) groups is 1. The summed E-state index contributed by atoms with van der Waals surface area (Å²) in [7, 11) is 3.81. The Kier molecular flexibility index (Phi) is 5.92. The number of pyridine rings is 1. The Labute approximate surface area is 175 Å². The summed E-state index contributed by atoms with van der Waals surface area (Å²) >= 11 is 1.63. The van der Waals surface area contributed by atoms with Gasteiger partial charge in [-0.3, -0.25) is 9.88 Å². The first-order valence-corrected chi connectivity index (χ1v) is 10.6. The molecule has 152 valence electrons. The third-order valence-corrected chi connectivity index (χ3v) is 6.17. The molecule has 0 unspecified atom stereocenters. The van der Waals surface area contributed by atoms with Crippen LogP contribution in [0.25, 0.3) is 4.91 Å². The average Bonchev–Trinajstić information content (AvgIpc) is 3.25. The van der Waals surface area contributed by atoms with E-state index in [9.17, 15) is 4.79 Å². The van der Waals surface area contributed by atoms with Crippen LogP contribution in [0.1, 0.15) is 5.56 Å². The molecule has 2 aromatic rings. The van der Waals surface area contributed by atoms with Gasteiger partial charge in [0, 0.05) is 60.9 Å². The number of benzene rings is 1. The second-order valence-electron chi connectivity index (χ2n) is 7.09. The number of aromatic nitrogens is 1. The fraction of sp³-hybridized carbons (Fsp3) is 0.333. The molecule has 0 radical (unpaired) electrons. The first-order chi connectivity index (χ1) is 14.1. The van der Waals surface area contributed by atoms with Gasteiger partial charge in [-0.2, -0.15) is 0 Å². The molecule has 4 rings (SSSR count). The van der Waals surface area contributed by atoms with Gasteiger partial charge in [0.2, 0.25) is 0 Å². The van der Waals surface area contributed by atoms with Crippen LogP contribution in [-0.2, 0) is 0 Å². The van der Waals surface area contributed by atoms with Crippen molar-refractivity contribution in [2.45, 2.75) is 0 Å². The number of likely N-dealkylation sites (N-methyl/N-ethyl adjacent to an activating group) is 1. The minimum Gasteiger partial charge on any atom is -0.495 e. The molecule has 2 amide bonds. The fourth-order valence-corrected chi connectivity index (χ4v) is 4.36. The van der Waals surface area contributed by atoms with Crippen LogP contribution in [0.4, 0.5) is 16.2 Å². The molecule has 0 saturated carbocycles. The molecular formula is C21H25N5O2S. The molecule has 7 nitrogen and oxygen atoms in total. The summed E-state index contributed by atoms with van der Waals surface area (Å²) in [4.78, 5) is 24.3. The lowest BCUT2D eigenvalue weighted by molar-refractivity contribution is 0.234. The Morgan fingerprint density at radius 3 is 2.76 bits per heavy atom. The van der Waals surface area contributed by atoms with Gasteiger partial charge in [-0.15, -0.1) is 11.8 Å². The quantitative estimate of drug-likeness (QED) is 0.832. The number of ether oxygens (including phenoxy) is 1. The summed E-state index contributed by atoms with van der Waals surface area (Å²) in [6.07, 6.45) is 5.43. The highest BCUT2D eigenvalue weighted by Crippen LogP contribution is 2.35. The standard InChI is InChI=1S/C21H25N5O2S/c1-24-8-10-25(11-9-24)18-12-17(5-6-19(18)28-2)23-21(27)26-14-20(29-15-26)16-4-3-7-22-13-16/h3-7,12-14H,8-11,15H2,1-2H3,(H,23,27). The molecule has 1 saturated heterocycles. The Bertz CT molecular complexity index is 897. The van der Waals surface area contributed by atoms with Gasteiger partial charge in [-0.1, -0.05) is 6.07 Å². The highest BCUT2D eigenvalue weighted by Gasteiger charge is 2.22. The Balaban J connectivity index is 1.47. The third kappa shape index (κ3) is 4.49. The number of nitrogens with one attached hydrogen (secondary N) is 1. The van der Waals surface area contributed by atoms with Crippen molar-refractivity contribution in [3.05, 3.63) is 54.5 Å². The predicted octanol–water partition coefficient (Wildman–Crippen LogP) is 3.38. The first kappa shape index (κ1) is 19.6. The summed E-state index contributed by atoms with van der Waals surface area (Å²) in [5.41, 5.74) is 2.80. The summed E-state index contributed by atoms with van der Waals surface area (Å²) in [5.74, 6) is 1.40. The minimum absolute atomic E-state index is 0.147. The van der Waals surface area contributed by atoms with Gasteiger partial charge < -0.3 is 19.9 Å². The normalized spacial score (nSPS) is 17.2. The van der Waals surface area contributed by atoms with Gasteiger partial charge in [0.1, 0.15) is 5.75 Å². The number of methoxy groups -OCH3 is 1. The van der Waals surface area contributed by atoms with Gasteiger partial charge in [-0.05, 0) is 31.3 Å². The topological polar surface area (TPSA) is 60.9 Å². The van der Waals surface area contributed by atoms with Crippen molar-refractivity contribution in [3.63, 3.8) is 0 Å². The maximum Gasteiger partial charge on any atom is 0.326 e. The molecule has 29 heavy (non-hydrogen) atoms. The number of rotatable bonds is 4. The zero-order valence-corrected chi connectivity index (χ0v) is 17.5. The van der Waals surface area contributed by atoms with E-state index in [1.807, 2.05) is 42.7 Å². The van der Waals surface area contributed by atoms with E-state index < -0.39 is 0 Å². The van der Waals surface area contributed by atoms with Crippen molar-refractivity contribution in [2.75, 3.05) is 56.4 Å². The van der Waals surface area contributed by atoms with Crippen molar-refractivity contribution < 1.29 is 9.53 Å². The summed E-state index contributed by atoms with van der Waals surface area (Å²) in [5, 5.41) is 3.02. The summed E-state index contributed by atoms with van der Waals surface area (Å²) in [6, 6.07) is 9.54. The van der Waals surface area contributed by atoms with Crippen LogP contribution in [0.2, 0.25) is 0 Å². The Morgan fingerprint density at radius 1 is 1.21 bits per heavy atom. The number of hydrogen-bond donors (Lipinski definition) is 1. The maximum atomic E-state index is 12.8. The molecule has 8 heteroatoms. The van der Waals surface area contributed by atoms with E-state index in [0.717, 1.165) is 53.8 Å². The van der Waals surface area contributed by atoms with E-state index in [2.05, 4.69) is 27.1 Å². The van der Waals surface area contributed by atoms with Gasteiger partial charge >= 0.3 is 6.03 Å². The Hall–Kier alpha value is -2.71. The number of anilines is 2. The van der Waals surface area contributed by atoms with Crippen molar-refractivity contribution in [3.8, 4) is 5.75 Å². The summed E-state index contributed by atoms with van der Waals surface area (Å²) in [6.45, 7) is 3.88. The minimum atomic E-state index is -0.147. The molecule has 1 aromatic carbocycles. The number of urea groups is 1. The van der Waals surface area contributed by atoms with Gasteiger partial charge in [0.05, 0.1) is 18.7 Å². The maximum absolute atomic E-state index is 12.8. The van der Waals surface area contributed by atoms with E-state index in [1.165, 1.54) is 0 Å². The predicted molar refractivity (Wildman–Crippen MR) is 118 cm³/mol. The van der Waals surface area contributed by atoms with Gasteiger partial charge in [-0.25, -0.2) is 4.79 Å². The average molecular weight is 412 g/mol. The highest BCUT2D eigenvalue weighted by molar-refractivity contribution is 8.08. The Morgan fingerprint density at radius 2 is 2.03 bits per heavy atom. The molecule has 1 N–H and O–H groups in total. The molecular weight excluding hydrogens is 386 g/mol. The van der Waals surface area contributed by atoms with Crippen LogP contribution in [-0.4, -0.2) is 67.0 Å². The number of hydrogen-bond acceptors (Lipinski definition) is 6. The number of amides is 2.